The van der Waals surface area contributed by atoms with Gasteiger partial charge in [-0.05, 0) is 0 Å². The minimum atomic E-state index is -3.86. The second-order valence-electron chi connectivity index (χ2n) is 3.76. The molecule has 0 saturated heterocycles. The summed E-state index contributed by atoms with van der Waals surface area (Å²) in [6, 6.07) is 0.938. The standard InChI is InChI=1S/C9H9ClN4O4S2/c1-13-3-2-11-7(13)5-12-20(17,18)8-4-6(14(15)16)9(10)19-8/h2-4,12H,5H2,1H3. The smallest absolute Gasteiger partial charge is 0.300 e. The summed E-state index contributed by atoms with van der Waals surface area (Å²) in [5.41, 5.74) is -0.422. The Morgan fingerprint density at radius 2 is 2.30 bits per heavy atom. The number of sulfonamides is 1. The van der Waals surface area contributed by atoms with Crippen molar-refractivity contribution in [2.75, 3.05) is 0 Å². The van der Waals surface area contributed by atoms with E-state index in [4.69, 9.17) is 11.6 Å². The molecule has 0 bridgehead atoms. The van der Waals surface area contributed by atoms with Gasteiger partial charge in [-0.15, -0.1) is 11.3 Å². The van der Waals surface area contributed by atoms with E-state index in [9.17, 15) is 18.5 Å². The molecule has 0 aliphatic carbocycles. The van der Waals surface area contributed by atoms with E-state index in [0.717, 1.165) is 6.07 Å². The first-order chi connectivity index (χ1) is 9.31. The number of hydrogen-bond donors (Lipinski definition) is 1. The lowest BCUT2D eigenvalue weighted by Crippen LogP contribution is -2.24. The maximum absolute atomic E-state index is 12.0. The molecule has 0 aliphatic heterocycles. The third kappa shape index (κ3) is 2.98. The number of rotatable bonds is 5. The van der Waals surface area contributed by atoms with Crippen molar-refractivity contribution in [2.45, 2.75) is 10.8 Å². The first kappa shape index (κ1) is 14.9. The van der Waals surface area contributed by atoms with Crippen LogP contribution in [0.4, 0.5) is 5.69 Å². The maximum atomic E-state index is 12.0. The third-order valence-corrected chi connectivity index (χ3v) is 5.66. The minimum absolute atomic E-state index is 0.0187. The second-order valence-corrected chi connectivity index (χ2v) is 7.41. The fourth-order valence-corrected chi connectivity index (χ4v) is 4.08. The van der Waals surface area contributed by atoms with Gasteiger partial charge in [-0.3, -0.25) is 10.1 Å². The van der Waals surface area contributed by atoms with Crippen molar-refractivity contribution >= 4 is 38.6 Å². The lowest BCUT2D eigenvalue weighted by Gasteiger charge is -2.04. The molecule has 0 atom stereocenters. The summed E-state index contributed by atoms with van der Waals surface area (Å²) in [5.74, 6) is 0.519. The maximum Gasteiger partial charge on any atom is 0.300 e. The Balaban J connectivity index is 2.20. The Morgan fingerprint density at radius 3 is 2.80 bits per heavy atom. The molecule has 0 fully saturated rings. The van der Waals surface area contributed by atoms with Crippen molar-refractivity contribution in [3.05, 3.63) is 38.7 Å². The van der Waals surface area contributed by atoms with Crippen molar-refractivity contribution in [3.8, 4) is 0 Å². The van der Waals surface area contributed by atoms with E-state index >= 15 is 0 Å². The van der Waals surface area contributed by atoms with Crippen LogP contribution in [0.2, 0.25) is 4.34 Å². The minimum Gasteiger partial charge on any atom is -0.337 e. The average Bonchev–Trinajstić information content (AvgIpc) is 2.93. The number of aromatic nitrogens is 2. The Labute approximate surface area is 123 Å². The van der Waals surface area contributed by atoms with Crippen molar-refractivity contribution < 1.29 is 13.3 Å². The molecule has 108 valence electrons. The highest BCUT2D eigenvalue weighted by molar-refractivity contribution is 7.91. The van der Waals surface area contributed by atoms with Crippen LogP contribution in [0.5, 0.6) is 0 Å². The van der Waals surface area contributed by atoms with Crippen LogP contribution in [0.25, 0.3) is 0 Å². The van der Waals surface area contributed by atoms with Crippen LogP contribution >= 0.6 is 22.9 Å². The van der Waals surface area contributed by atoms with Gasteiger partial charge in [0.25, 0.3) is 15.7 Å². The number of aryl methyl sites for hydroxylation is 1. The fraction of sp³-hybridized carbons (Fsp3) is 0.222. The van der Waals surface area contributed by atoms with Crippen LogP contribution in [0.1, 0.15) is 5.82 Å². The summed E-state index contributed by atoms with van der Waals surface area (Å²) in [5, 5.41) is 10.7. The summed E-state index contributed by atoms with van der Waals surface area (Å²) < 4.78 is 27.6. The molecular formula is C9H9ClN4O4S2. The lowest BCUT2D eigenvalue weighted by atomic mass is 10.6. The molecule has 8 nitrogen and oxygen atoms in total. The Kier molecular flexibility index (Phi) is 4.09. The van der Waals surface area contributed by atoms with E-state index in [0.29, 0.717) is 17.2 Å². The van der Waals surface area contributed by atoms with E-state index in [2.05, 4.69) is 9.71 Å². The monoisotopic (exact) mass is 336 g/mol. The number of imidazole rings is 1. The Bertz CT molecular complexity index is 752. The van der Waals surface area contributed by atoms with Gasteiger partial charge >= 0.3 is 0 Å². The van der Waals surface area contributed by atoms with Crippen LogP contribution in [0.15, 0.2) is 22.7 Å². The molecule has 1 N–H and O–H groups in total. The fourth-order valence-electron chi connectivity index (χ4n) is 1.39. The molecule has 2 rings (SSSR count). The van der Waals surface area contributed by atoms with Crippen molar-refractivity contribution in [3.63, 3.8) is 0 Å². The Hall–Kier alpha value is -1.49. The van der Waals surface area contributed by atoms with Crippen molar-refractivity contribution in [2.24, 2.45) is 7.05 Å². The highest BCUT2D eigenvalue weighted by Crippen LogP contribution is 2.36. The van der Waals surface area contributed by atoms with Crippen LogP contribution in [-0.2, 0) is 23.6 Å². The van der Waals surface area contributed by atoms with Gasteiger partial charge in [0.05, 0.1) is 11.5 Å². The van der Waals surface area contributed by atoms with Crippen LogP contribution in [0.3, 0.4) is 0 Å². The zero-order valence-electron chi connectivity index (χ0n) is 10.1. The van der Waals surface area contributed by atoms with Gasteiger partial charge in [0.1, 0.15) is 10.0 Å². The van der Waals surface area contributed by atoms with Crippen LogP contribution in [-0.4, -0.2) is 22.9 Å². The molecule has 11 heteroatoms. The van der Waals surface area contributed by atoms with Gasteiger partial charge in [0, 0.05) is 25.5 Å². The number of halogens is 1. The topological polar surface area (TPSA) is 107 Å². The van der Waals surface area contributed by atoms with Crippen molar-refractivity contribution in [1.82, 2.24) is 14.3 Å². The number of nitro groups is 1. The molecule has 0 aromatic carbocycles. The van der Waals surface area contributed by atoms with E-state index < -0.39 is 20.6 Å². The largest absolute Gasteiger partial charge is 0.337 e. The molecule has 0 unspecified atom stereocenters. The van der Waals surface area contributed by atoms with E-state index in [1.54, 1.807) is 17.8 Å². The number of hydrogen-bond acceptors (Lipinski definition) is 6. The normalized spacial score (nSPS) is 11.7. The van der Waals surface area contributed by atoms with Gasteiger partial charge in [-0.25, -0.2) is 18.1 Å². The van der Waals surface area contributed by atoms with Gasteiger partial charge in [-0.2, -0.15) is 0 Å². The molecule has 0 saturated carbocycles. The third-order valence-electron chi connectivity index (χ3n) is 2.45. The molecule has 2 aromatic heterocycles. The molecule has 20 heavy (non-hydrogen) atoms. The molecule has 0 amide bonds. The summed E-state index contributed by atoms with van der Waals surface area (Å²) in [6.07, 6.45) is 3.22. The number of nitrogens with one attached hydrogen (secondary N) is 1. The molecule has 0 radical (unpaired) electrons. The van der Waals surface area contributed by atoms with E-state index in [1.165, 1.54) is 6.20 Å². The highest BCUT2D eigenvalue weighted by atomic mass is 35.5. The van der Waals surface area contributed by atoms with Gasteiger partial charge in [0.15, 0.2) is 4.34 Å². The first-order valence-electron chi connectivity index (χ1n) is 5.21. The quantitative estimate of drug-likeness (QED) is 0.658. The Morgan fingerprint density at radius 1 is 1.60 bits per heavy atom. The molecular weight excluding hydrogens is 328 g/mol. The summed E-state index contributed by atoms with van der Waals surface area (Å²) >= 11 is 6.28. The second kappa shape index (κ2) is 5.48. The summed E-state index contributed by atoms with van der Waals surface area (Å²) in [7, 11) is -2.14. The van der Waals surface area contributed by atoms with E-state index in [-0.39, 0.29) is 15.1 Å². The SMILES string of the molecule is Cn1ccnc1CNS(=O)(=O)c1cc([N+](=O)[O-])c(Cl)s1. The average molecular weight is 337 g/mol. The van der Waals surface area contributed by atoms with Crippen LogP contribution in [0, 0.1) is 10.1 Å². The van der Waals surface area contributed by atoms with Crippen LogP contribution < -0.4 is 4.72 Å². The number of nitrogens with zero attached hydrogens (tertiary/aromatic N) is 3. The summed E-state index contributed by atoms with van der Waals surface area (Å²) in [4.78, 5) is 13.9. The van der Waals surface area contributed by atoms with Gasteiger partial charge < -0.3 is 4.57 Å². The lowest BCUT2D eigenvalue weighted by molar-refractivity contribution is -0.384. The summed E-state index contributed by atoms with van der Waals surface area (Å²) in [6.45, 7) is -0.0187. The van der Waals surface area contributed by atoms with Gasteiger partial charge in [0.2, 0.25) is 0 Å². The molecule has 0 spiro atoms. The zero-order chi connectivity index (χ0) is 14.9. The highest BCUT2D eigenvalue weighted by Gasteiger charge is 2.25. The molecule has 2 heterocycles. The zero-order valence-corrected chi connectivity index (χ0v) is 12.5. The van der Waals surface area contributed by atoms with Crippen molar-refractivity contribution in [1.29, 1.82) is 0 Å². The number of thiophene rings is 1. The molecule has 0 aliphatic rings. The predicted molar refractivity (Wildman–Crippen MR) is 73.2 cm³/mol. The van der Waals surface area contributed by atoms with Gasteiger partial charge in [-0.1, -0.05) is 11.6 Å². The first-order valence-corrected chi connectivity index (χ1v) is 7.88. The van der Waals surface area contributed by atoms with E-state index in [1.807, 2.05) is 0 Å². The molecule has 2 aromatic rings. The predicted octanol–water partition coefficient (Wildman–Crippen LogP) is 1.52.